The Bertz CT molecular complexity index is 3270. The van der Waals surface area contributed by atoms with Gasteiger partial charge in [-0.2, -0.15) is 0 Å². The number of benzene rings is 7. The van der Waals surface area contributed by atoms with Crippen LogP contribution in [0.2, 0.25) is 0 Å². The Hall–Kier alpha value is -6.00. The summed E-state index contributed by atoms with van der Waals surface area (Å²) in [4.78, 5) is 5.33. The van der Waals surface area contributed by atoms with Crippen LogP contribution >= 0.6 is 0 Å². The van der Waals surface area contributed by atoms with E-state index in [0.717, 1.165) is 34.0 Å². The van der Waals surface area contributed by atoms with Gasteiger partial charge in [0.15, 0.2) is 5.58 Å². The molecule has 2 aliphatic carbocycles. The Morgan fingerprint density at radius 3 is 1.89 bits per heavy atom. The van der Waals surface area contributed by atoms with Crippen LogP contribution in [0.4, 0.5) is 28.4 Å². The molecule has 0 N–H and O–H groups in total. The lowest BCUT2D eigenvalue weighted by atomic mass is 9.43. The molecule has 7 aromatic carbocycles. The highest BCUT2D eigenvalue weighted by Crippen LogP contribution is 2.55. The van der Waals surface area contributed by atoms with Crippen molar-refractivity contribution in [3.63, 3.8) is 0 Å². The van der Waals surface area contributed by atoms with Crippen LogP contribution in [0.5, 0.6) is 0 Å². The van der Waals surface area contributed by atoms with Crippen LogP contribution in [-0.4, -0.2) is 6.85 Å². The number of rotatable bonds is 3. The Morgan fingerprint density at radius 2 is 1.16 bits per heavy atom. The molecule has 0 spiro atoms. The predicted molar refractivity (Wildman–Crippen MR) is 273 cm³/mol. The molecule has 64 heavy (non-hydrogen) atoms. The number of para-hydroxylation sites is 1. The van der Waals surface area contributed by atoms with Gasteiger partial charge in [-0.1, -0.05) is 140 Å². The molecule has 3 heterocycles. The van der Waals surface area contributed by atoms with Crippen molar-refractivity contribution in [1.29, 1.82) is 0 Å². The number of aryl methyl sites for hydroxylation is 2. The number of anilines is 5. The first-order valence-corrected chi connectivity index (χ1v) is 23.7. The Kier molecular flexibility index (Phi) is 8.22. The van der Waals surface area contributed by atoms with Crippen LogP contribution in [0, 0.1) is 13.8 Å². The Morgan fingerprint density at radius 1 is 0.500 bits per heavy atom. The molecular formula is C60H59BN2O. The molecule has 1 aromatic heterocycles. The van der Waals surface area contributed by atoms with E-state index >= 15 is 0 Å². The van der Waals surface area contributed by atoms with Crippen molar-refractivity contribution in [3.8, 4) is 22.3 Å². The van der Waals surface area contributed by atoms with Crippen LogP contribution in [0.25, 0.3) is 44.2 Å². The highest BCUT2D eigenvalue weighted by molar-refractivity contribution is 6.93. The van der Waals surface area contributed by atoms with E-state index in [-0.39, 0.29) is 28.5 Å². The molecule has 3 nitrogen and oxygen atoms in total. The molecule has 0 atom stereocenters. The number of hydrogen-bond acceptors (Lipinski definition) is 3. The van der Waals surface area contributed by atoms with Gasteiger partial charge >= 0.3 is 6.85 Å². The van der Waals surface area contributed by atoms with Crippen LogP contribution in [0.1, 0.15) is 114 Å². The summed E-state index contributed by atoms with van der Waals surface area (Å²) in [5.41, 5.74) is 24.4. The van der Waals surface area contributed by atoms with E-state index in [9.17, 15) is 0 Å². The summed E-state index contributed by atoms with van der Waals surface area (Å²) in [6.45, 7) is 24.1. The number of hydrogen-bond donors (Lipinski definition) is 0. The minimum atomic E-state index is -0.126. The lowest BCUT2D eigenvalue weighted by molar-refractivity contribution is 0.332. The minimum absolute atomic E-state index is 0.0448. The third kappa shape index (κ3) is 5.60. The highest BCUT2D eigenvalue weighted by atomic mass is 16.3. The van der Waals surface area contributed by atoms with Crippen molar-refractivity contribution >= 4 is 68.1 Å². The maximum atomic E-state index is 7.08. The predicted octanol–water partition coefficient (Wildman–Crippen LogP) is 15.3. The summed E-state index contributed by atoms with van der Waals surface area (Å²) in [5, 5.41) is 2.31. The summed E-state index contributed by atoms with van der Waals surface area (Å²) in [6, 6.07) is 49.0. The van der Waals surface area contributed by atoms with Gasteiger partial charge in [0, 0.05) is 39.1 Å². The van der Waals surface area contributed by atoms with E-state index in [4.69, 9.17) is 4.42 Å². The molecule has 8 aromatic rings. The Labute approximate surface area is 380 Å². The number of furan rings is 1. The van der Waals surface area contributed by atoms with Crippen LogP contribution < -0.4 is 20.6 Å². The number of nitrogens with zero attached hydrogens (tertiary/aromatic N) is 2. The zero-order chi connectivity index (χ0) is 44.2. The molecule has 0 amide bonds. The summed E-state index contributed by atoms with van der Waals surface area (Å²) in [5.74, 6) is 0. The summed E-state index contributed by atoms with van der Waals surface area (Å²) >= 11 is 0. The maximum Gasteiger partial charge on any atom is 0.333 e. The van der Waals surface area contributed by atoms with Crippen LogP contribution in [0.15, 0.2) is 132 Å². The molecule has 4 heteroatoms. The van der Waals surface area contributed by atoms with Gasteiger partial charge in [0.2, 0.25) is 0 Å². The molecule has 2 aliphatic heterocycles. The van der Waals surface area contributed by atoms with Crippen molar-refractivity contribution in [3.05, 3.63) is 161 Å². The van der Waals surface area contributed by atoms with Gasteiger partial charge in [-0.3, -0.25) is 0 Å². The van der Waals surface area contributed by atoms with Crippen molar-refractivity contribution in [1.82, 2.24) is 0 Å². The van der Waals surface area contributed by atoms with Gasteiger partial charge < -0.3 is 14.1 Å². The van der Waals surface area contributed by atoms with Crippen LogP contribution in [0.3, 0.4) is 0 Å². The average molecular weight is 835 g/mol. The summed E-state index contributed by atoms with van der Waals surface area (Å²) < 4.78 is 7.08. The van der Waals surface area contributed by atoms with Gasteiger partial charge in [0.25, 0.3) is 0 Å². The normalized spacial score (nSPS) is 18.3. The first kappa shape index (κ1) is 39.6. The zero-order valence-corrected chi connectivity index (χ0v) is 39.3. The smallest absolute Gasteiger partial charge is 0.333 e. The lowest BCUT2D eigenvalue weighted by Crippen LogP contribution is -2.61. The second kappa shape index (κ2) is 13.3. The third-order valence-electron chi connectivity index (χ3n) is 16.3. The van der Waals surface area contributed by atoms with E-state index in [1.807, 2.05) is 0 Å². The SMILES string of the molecule is Cc1cc2c3c(c1)N(c1cc4c(cc1C)C(C)(C)CCC4(C)C)c1cc(-c4ccccc4)ccc1B3N(c1ccc3c(c1)C(C)(C)CCC3(C)C)c1c-2ccc2c1oc1ccccc12. The second-order valence-corrected chi connectivity index (χ2v) is 22.4. The van der Waals surface area contributed by atoms with Gasteiger partial charge in [0.1, 0.15) is 5.58 Å². The molecule has 4 aliphatic rings. The van der Waals surface area contributed by atoms with Crippen LogP contribution in [-0.2, 0) is 21.7 Å². The monoisotopic (exact) mass is 834 g/mol. The third-order valence-corrected chi connectivity index (χ3v) is 16.3. The van der Waals surface area contributed by atoms with Gasteiger partial charge in [0.05, 0.1) is 5.69 Å². The average Bonchev–Trinajstić information content (AvgIpc) is 3.66. The molecule has 0 fully saturated rings. The quantitative estimate of drug-likeness (QED) is 0.165. The number of fused-ring (bicyclic) bond motifs is 10. The van der Waals surface area contributed by atoms with Gasteiger partial charge in [-0.25, -0.2) is 0 Å². The summed E-state index contributed by atoms with van der Waals surface area (Å²) in [7, 11) is 0. The van der Waals surface area contributed by atoms with E-state index < -0.39 is 0 Å². The molecule has 0 bridgehead atoms. The molecule has 0 unspecified atom stereocenters. The van der Waals surface area contributed by atoms with Gasteiger partial charge in [-0.15, -0.1) is 0 Å². The van der Waals surface area contributed by atoms with Crippen molar-refractivity contribution in [2.45, 2.75) is 117 Å². The van der Waals surface area contributed by atoms with Gasteiger partial charge in [-0.05, 0) is 165 Å². The van der Waals surface area contributed by atoms with Crippen molar-refractivity contribution < 1.29 is 4.42 Å². The van der Waals surface area contributed by atoms with E-state index in [2.05, 4.69) is 206 Å². The standard InChI is InChI=1S/C60H59BN2O/c1-36-30-44-42-22-23-43-41-18-14-15-19-53(41)64-56(43)55(42)63(40-21-24-45-47(34-40)59(7,8)27-26-57(45,3)4)61-49-25-20-39(38-16-12-11-13-17-38)33-51(49)62(52(31-36)54(44)61)50-35-48-46(32-37(50)2)58(5,6)28-29-60(48,9)10/h11-25,30-35H,26-29H2,1-10H3. The first-order valence-electron chi connectivity index (χ1n) is 23.7. The maximum absolute atomic E-state index is 7.08. The van der Waals surface area contributed by atoms with E-state index in [0.29, 0.717) is 0 Å². The van der Waals surface area contributed by atoms with E-state index in [1.54, 1.807) is 0 Å². The van der Waals surface area contributed by atoms with Crippen molar-refractivity contribution in [2.24, 2.45) is 0 Å². The van der Waals surface area contributed by atoms with E-state index in [1.165, 1.54) is 109 Å². The molecule has 0 saturated carbocycles. The first-order chi connectivity index (χ1) is 30.5. The largest absolute Gasteiger partial charge is 0.454 e. The highest BCUT2D eigenvalue weighted by Gasteiger charge is 2.48. The Balaban J connectivity index is 1.21. The fourth-order valence-electron chi connectivity index (χ4n) is 12.4. The fourth-order valence-corrected chi connectivity index (χ4v) is 12.4. The van der Waals surface area contributed by atoms with Crippen molar-refractivity contribution in [2.75, 3.05) is 9.71 Å². The second-order valence-electron chi connectivity index (χ2n) is 22.4. The summed E-state index contributed by atoms with van der Waals surface area (Å²) in [6.07, 6.45) is 4.70. The lowest BCUT2D eigenvalue weighted by Gasteiger charge is -2.48. The molecule has 318 valence electrons. The topological polar surface area (TPSA) is 19.6 Å². The molecular weight excluding hydrogens is 775 g/mol. The fraction of sp³-hybridized carbons (Fsp3) is 0.300. The molecule has 0 saturated heterocycles. The zero-order valence-electron chi connectivity index (χ0n) is 39.3. The molecule has 12 rings (SSSR count). The minimum Gasteiger partial charge on any atom is -0.454 e. The molecule has 0 radical (unpaired) electrons.